The largest absolute Gasteiger partial charge is 0.357 e. The maximum absolute atomic E-state index is 4.75. The first-order chi connectivity index (χ1) is 15.4. The van der Waals surface area contributed by atoms with E-state index in [9.17, 15) is 0 Å². The molecular weight excluding hydrogens is 384 g/mol. The third-order valence-electron chi connectivity index (χ3n) is 6.69. The van der Waals surface area contributed by atoms with E-state index in [2.05, 4.69) is 61.8 Å². The normalized spacial score (nSPS) is 18.4. The van der Waals surface area contributed by atoms with Crippen LogP contribution in [0.25, 0.3) is 0 Å². The summed E-state index contributed by atoms with van der Waals surface area (Å²) in [5.74, 6) is 3.81. The highest BCUT2D eigenvalue weighted by molar-refractivity contribution is 5.38. The summed E-state index contributed by atoms with van der Waals surface area (Å²) >= 11 is 0. The van der Waals surface area contributed by atoms with E-state index in [1.54, 1.807) is 0 Å². The first-order valence-corrected chi connectivity index (χ1v) is 11.7. The molecule has 0 saturated carbocycles. The first-order valence-electron chi connectivity index (χ1n) is 11.7. The Kier molecular flexibility index (Phi) is 6.25. The molecule has 0 spiro atoms. The maximum atomic E-state index is 4.75. The lowest BCUT2D eigenvalue weighted by Crippen LogP contribution is -2.34. The molecule has 0 atom stereocenters. The van der Waals surface area contributed by atoms with Gasteiger partial charge in [0.25, 0.3) is 0 Å². The second kappa shape index (κ2) is 9.60. The minimum atomic E-state index is 0.450. The fourth-order valence-corrected chi connectivity index (χ4v) is 4.93. The first kappa shape index (κ1) is 20.2. The molecule has 5 rings (SSSR count). The summed E-state index contributed by atoms with van der Waals surface area (Å²) in [5.41, 5.74) is 1.31. The average Bonchev–Trinajstić information content (AvgIpc) is 3.23. The van der Waals surface area contributed by atoms with Crippen LogP contribution in [0.15, 0.2) is 54.7 Å². The second-order valence-electron chi connectivity index (χ2n) is 8.83. The van der Waals surface area contributed by atoms with Gasteiger partial charge in [-0.3, -0.25) is 4.90 Å². The van der Waals surface area contributed by atoms with Crippen molar-refractivity contribution in [2.45, 2.75) is 51.1 Å². The van der Waals surface area contributed by atoms with Crippen LogP contribution in [-0.2, 0) is 13.1 Å². The molecule has 1 aromatic carbocycles. The van der Waals surface area contributed by atoms with Crippen LogP contribution < -0.4 is 4.90 Å². The number of anilines is 1. The lowest BCUT2D eigenvalue weighted by atomic mass is 9.95. The van der Waals surface area contributed by atoms with Crippen molar-refractivity contribution < 1.29 is 0 Å². The Hall–Kier alpha value is -2.73. The molecule has 0 amide bonds. The Morgan fingerprint density at radius 2 is 1.55 bits per heavy atom. The molecule has 0 unspecified atom stereocenters. The third-order valence-corrected chi connectivity index (χ3v) is 6.69. The van der Waals surface area contributed by atoms with Crippen molar-refractivity contribution in [1.82, 2.24) is 24.6 Å². The number of nitrogens with zero attached hydrogens (tertiary/aromatic N) is 6. The molecule has 0 N–H and O–H groups in total. The van der Waals surface area contributed by atoms with Gasteiger partial charge in [-0.2, -0.15) is 0 Å². The Morgan fingerprint density at radius 3 is 2.29 bits per heavy atom. The average molecular weight is 417 g/mol. The molecule has 2 aliphatic rings. The smallest absolute Gasteiger partial charge is 0.147 e. The van der Waals surface area contributed by atoms with Crippen molar-refractivity contribution >= 4 is 5.82 Å². The van der Waals surface area contributed by atoms with Gasteiger partial charge in [-0.25, -0.2) is 4.98 Å². The van der Waals surface area contributed by atoms with E-state index in [4.69, 9.17) is 10.2 Å². The van der Waals surface area contributed by atoms with E-state index >= 15 is 0 Å². The van der Waals surface area contributed by atoms with Crippen LogP contribution in [0.2, 0.25) is 0 Å². The zero-order valence-corrected chi connectivity index (χ0v) is 18.2. The van der Waals surface area contributed by atoms with Gasteiger partial charge in [-0.1, -0.05) is 42.8 Å². The minimum Gasteiger partial charge on any atom is -0.357 e. The summed E-state index contributed by atoms with van der Waals surface area (Å²) < 4.78 is 2.41. The molecule has 31 heavy (non-hydrogen) atoms. The fraction of sp³-hybridized carbons (Fsp3) is 0.480. The van der Waals surface area contributed by atoms with Crippen LogP contribution in [0.5, 0.6) is 0 Å². The number of aromatic nitrogens is 4. The summed E-state index contributed by atoms with van der Waals surface area (Å²) in [6, 6.07) is 16.9. The van der Waals surface area contributed by atoms with Crippen molar-refractivity contribution in [3.8, 4) is 0 Å². The molecule has 3 aromatic rings. The lowest BCUT2D eigenvalue weighted by molar-refractivity contribution is 0.213. The number of rotatable bonds is 6. The maximum Gasteiger partial charge on any atom is 0.147 e. The summed E-state index contributed by atoms with van der Waals surface area (Å²) in [6.45, 7) is 6.15. The summed E-state index contributed by atoms with van der Waals surface area (Å²) in [7, 11) is 0. The molecule has 6 nitrogen and oxygen atoms in total. The van der Waals surface area contributed by atoms with E-state index < -0.39 is 0 Å². The van der Waals surface area contributed by atoms with Gasteiger partial charge < -0.3 is 9.47 Å². The van der Waals surface area contributed by atoms with Gasteiger partial charge in [0.1, 0.15) is 17.5 Å². The SMILES string of the molecule is c1ccc(Cn2c(CN3CCCCC3)nnc2C2CCN(c3ccccn3)CC2)cc1. The van der Waals surface area contributed by atoms with Crippen molar-refractivity contribution in [3.05, 3.63) is 71.9 Å². The van der Waals surface area contributed by atoms with Gasteiger partial charge in [-0.15, -0.1) is 10.2 Å². The molecule has 0 bridgehead atoms. The molecule has 2 aliphatic heterocycles. The van der Waals surface area contributed by atoms with Crippen molar-refractivity contribution in [2.75, 3.05) is 31.1 Å². The summed E-state index contributed by atoms with van der Waals surface area (Å²) in [5, 5.41) is 9.46. The van der Waals surface area contributed by atoms with Crippen molar-refractivity contribution in [1.29, 1.82) is 0 Å². The standard InChI is InChI=1S/C25H32N6/c1-3-9-21(10-4-1)19-31-24(20-29-15-7-2-8-16-29)27-28-25(31)22-12-17-30(18-13-22)23-11-5-6-14-26-23/h1,3-6,9-11,14,22H,2,7-8,12-13,15-20H2. The van der Waals surface area contributed by atoms with Gasteiger partial charge in [0.05, 0.1) is 13.1 Å². The molecule has 0 radical (unpaired) electrons. The number of piperidine rings is 2. The molecule has 2 fully saturated rings. The highest BCUT2D eigenvalue weighted by Crippen LogP contribution is 2.30. The van der Waals surface area contributed by atoms with E-state index in [1.807, 2.05) is 12.3 Å². The molecule has 0 aliphatic carbocycles. The summed E-state index contributed by atoms with van der Waals surface area (Å²) in [4.78, 5) is 9.47. The van der Waals surface area contributed by atoms with E-state index in [1.165, 1.54) is 37.9 Å². The van der Waals surface area contributed by atoms with Crippen LogP contribution >= 0.6 is 0 Å². The van der Waals surface area contributed by atoms with E-state index in [0.717, 1.165) is 56.5 Å². The topological polar surface area (TPSA) is 50.1 Å². The zero-order valence-electron chi connectivity index (χ0n) is 18.2. The predicted octanol–water partition coefficient (Wildman–Crippen LogP) is 4.09. The third kappa shape index (κ3) is 4.79. The van der Waals surface area contributed by atoms with Crippen LogP contribution in [-0.4, -0.2) is 50.8 Å². The minimum absolute atomic E-state index is 0.450. The van der Waals surface area contributed by atoms with Crippen LogP contribution in [0.1, 0.15) is 55.2 Å². The van der Waals surface area contributed by atoms with Crippen LogP contribution in [0.3, 0.4) is 0 Å². The number of benzene rings is 1. The van der Waals surface area contributed by atoms with E-state index in [-0.39, 0.29) is 0 Å². The Labute approximate surface area is 184 Å². The summed E-state index contributed by atoms with van der Waals surface area (Å²) in [6.07, 6.45) is 8.01. The Bertz CT molecular complexity index is 941. The Balaban J connectivity index is 1.35. The van der Waals surface area contributed by atoms with E-state index in [0.29, 0.717) is 5.92 Å². The van der Waals surface area contributed by atoms with Gasteiger partial charge in [0.2, 0.25) is 0 Å². The molecule has 2 aromatic heterocycles. The Morgan fingerprint density at radius 1 is 0.774 bits per heavy atom. The van der Waals surface area contributed by atoms with Crippen LogP contribution in [0, 0.1) is 0 Å². The number of likely N-dealkylation sites (tertiary alicyclic amines) is 1. The van der Waals surface area contributed by atoms with Crippen molar-refractivity contribution in [2.24, 2.45) is 0 Å². The van der Waals surface area contributed by atoms with Crippen LogP contribution in [0.4, 0.5) is 5.82 Å². The zero-order chi connectivity index (χ0) is 20.9. The quantitative estimate of drug-likeness (QED) is 0.606. The van der Waals surface area contributed by atoms with Gasteiger partial charge in [-0.05, 0) is 56.5 Å². The van der Waals surface area contributed by atoms with Gasteiger partial charge in [0, 0.05) is 25.2 Å². The molecule has 162 valence electrons. The molecular formula is C25H32N6. The monoisotopic (exact) mass is 416 g/mol. The second-order valence-corrected chi connectivity index (χ2v) is 8.83. The lowest BCUT2D eigenvalue weighted by Gasteiger charge is -2.32. The highest BCUT2D eigenvalue weighted by Gasteiger charge is 2.27. The van der Waals surface area contributed by atoms with Gasteiger partial charge in [0.15, 0.2) is 0 Å². The van der Waals surface area contributed by atoms with Gasteiger partial charge >= 0.3 is 0 Å². The number of pyridine rings is 1. The number of hydrogen-bond acceptors (Lipinski definition) is 5. The fourth-order valence-electron chi connectivity index (χ4n) is 4.93. The molecule has 4 heterocycles. The number of hydrogen-bond donors (Lipinski definition) is 0. The molecule has 6 heteroatoms. The predicted molar refractivity (Wildman–Crippen MR) is 123 cm³/mol. The van der Waals surface area contributed by atoms with Crippen molar-refractivity contribution in [3.63, 3.8) is 0 Å². The highest BCUT2D eigenvalue weighted by atomic mass is 15.3. The molecule has 2 saturated heterocycles.